The van der Waals surface area contributed by atoms with Crippen molar-refractivity contribution in [3.8, 4) is 0 Å². The maximum Gasteiger partial charge on any atom is 0.252 e. The molecule has 2 aromatic rings. The Balaban J connectivity index is 2.26. The van der Waals surface area contributed by atoms with Crippen LogP contribution in [0.5, 0.6) is 0 Å². The zero-order valence-electron chi connectivity index (χ0n) is 10.1. The molecule has 1 aliphatic heterocycles. The van der Waals surface area contributed by atoms with Gasteiger partial charge >= 0.3 is 0 Å². The first-order valence-electron chi connectivity index (χ1n) is 5.99. The van der Waals surface area contributed by atoms with E-state index in [0.717, 1.165) is 16.3 Å². The molecule has 2 aromatic carbocycles. The van der Waals surface area contributed by atoms with E-state index in [1.54, 1.807) is 6.92 Å². The van der Waals surface area contributed by atoms with Gasteiger partial charge in [0.1, 0.15) is 5.78 Å². The van der Waals surface area contributed by atoms with Crippen molar-refractivity contribution in [2.24, 2.45) is 0 Å². The number of benzene rings is 2. The van der Waals surface area contributed by atoms with E-state index in [-0.39, 0.29) is 17.7 Å². The van der Waals surface area contributed by atoms with Crippen molar-refractivity contribution in [2.75, 3.05) is 0 Å². The van der Waals surface area contributed by atoms with E-state index in [0.29, 0.717) is 12.0 Å². The van der Waals surface area contributed by atoms with Gasteiger partial charge < -0.3 is 5.32 Å². The lowest BCUT2D eigenvalue weighted by molar-refractivity contribution is -0.117. The Morgan fingerprint density at radius 1 is 1.22 bits per heavy atom. The van der Waals surface area contributed by atoms with Crippen LogP contribution in [0.4, 0.5) is 0 Å². The second-order valence-corrected chi connectivity index (χ2v) is 4.68. The van der Waals surface area contributed by atoms with Crippen molar-refractivity contribution in [1.82, 2.24) is 5.32 Å². The molecule has 1 heterocycles. The minimum Gasteiger partial charge on any atom is -0.345 e. The summed E-state index contributed by atoms with van der Waals surface area (Å²) in [6.07, 6.45) is 0.346. The molecule has 90 valence electrons. The molecule has 3 heteroatoms. The third-order valence-electron chi connectivity index (χ3n) is 3.35. The monoisotopic (exact) mass is 239 g/mol. The molecule has 0 aromatic heterocycles. The van der Waals surface area contributed by atoms with Crippen LogP contribution in [0.1, 0.15) is 35.3 Å². The SMILES string of the molecule is CC(=O)CC1NC(=O)c2cccc3cccc1c23. The van der Waals surface area contributed by atoms with Gasteiger partial charge in [-0.2, -0.15) is 0 Å². The normalized spacial score (nSPS) is 17.6. The van der Waals surface area contributed by atoms with Crippen molar-refractivity contribution in [1.29, 1.82) is 0 Å². The molecule has 3 nitrogen and oxygen atoms in total. The van der Waals surface area contributed by atoms with Crippen molar-refractivity contribution in [3.05, 3.63) is 47.5 Å². The van der Waals surface area contributed by atoms with Gasteiger partial charge in [-0.25, -0.2) is 0 Å². The van der Waals surface area contributed by atoms with Crippen molar-refractivity contribution in [3.63, 3.8) is 0 Å². The van der Waals surface area contributed by atoms with Gasteiger partial charge in [0.05, 0.1) is 6.04 Å². The Morgan fingerprint density at radius 2 is 1.94 bits per heavy atom. The Kier molecular flexibility index (Phi) is 2.40. The molecule has 0 radical (unpaired) electrons. The van der Waals surface area contributed by atoms with E-state index in [1.807, 2.05) is 36.4 Å². The topological polar surface area (TPSA) is 46.2 Å². The predicted molar refractivity (Wildman–Crippen MR) is 69.5 cm³/mol. The predicted octanol–water partition coefficient (Wildman–Crippen LogP) is 2.60. The number of Topliss-reactive ketones (excluding diaryl/α,β-unsaturated/α-hetero) is 1. The van der Waals surface area contributed by atoms with Gasteiger partial charge in [0, 0.05) is 12.0 Å². The van der Waals surface area contributed by atoms with Crippen LogP contribution in [0.25, 0.3) is 10.8 Å². The van der Waals surface area contributed by atoms with E-state index in [2.05, 4.69) is 5.32 Å². The fraction of sp³-hybridized carbons (Fsp3) is 0.200. The summed E-state index contributed by atoms with van der Waals surface area (Å²) in [5.74, 6) is -0.0118. The zero-order chi connectivity index (χ0) is 12.7. The third kappa shape index (κ3) is 1.59. The van der Waals surface area contributed by atoms with Crippen LogP contribution in [0.2, 0.25) is 0 Å². The minimum absolute atomic E-state index is 0.0803. The first kappa shape index (κ1) is 11.0. The number of carbonyl (C=O) groups is 2. The molecule has 1 N–H and O–H groups in total. The van der Waals surface area contributed by atoms with Gasteiger partial charge in [-0.1, -0.05) is 30.3 Å². The number of nitrogens with one attached hydrogen (secondary N) is 1. The quantitative estimate of drug-likeness (QED) is 0.875. The van der Waals surface area contributed by atoms with E-state index < -0.39 is 0 Å². The Hall–Kier alpha value is -2.16. The number of hydrogen-bond acceptors (Lipinski definition) is 2. The number of amides is 1. The average molecular weight is 239 g/mol. The van der Waals surface area contributed by atoms with Crippen LogP contribution < -0.4 is 5.32 Å². The van der Waals surface area contributed by atoms with Gasteiger partial charge in [0.25, 0.3) is 5.91 Å². The van der Waals surface area contributed by atoms with E-state index in [1.165, 1.54) is 0 Å². The first-order chi connectivity index (χ1) is 8.66. The number of hydrogen-bond donors (Lipinski definition) is 1. The summed E-state index contributed by atoms with van der Waals surface area (Å²) in [6, 6.07) is 11.4. The fourth-order valence-electron chi connectivity index (χ4n) is 2.61. The highest BCUT2D eigenvalue weighted by Gasteiger charge is 2.26. The molecule has 0 saturated heterocycles. The molecule has 18 heavy (non-hydrogen) atoms. The summed E-state index contributed by atoms with van der Waals surface area (Å²) in [5.41, 5.74) is 1.74. The van der Waals surface area contributed by atoms with Crippen LogP contribution in [-0.4, -0.2) is 11.7 Å². The molecule has 1 atom stereocenters. The molecular weight excluding hydrogens is 226 g/mol. The van der Waals surface area contributed by atoms with E-state index in [9.17, 15) is 9.59 Å². The molecular formula is C15H13NO2. The van der Waals surface area contributed by atoms with Crippen LogP contribution in [0, 0.1) is 0 Å². The molecule has 0 spiro atoms. The van der Waals surface area contributed by atoms with Gasteiger partial charge in [-0.05, 0) is 29.3 Å². The highest BCUT2D eigenvalue weighted by molar-refractivity contribution is 6.10. The lowest BCUT2D eigenvalue weighted by Crippen LogP contribution is -2.33. The Bertz CT molecular complexity index is 655. The summed E-state index contributed by atoms with van der Waals surface area (Å²) < 4.78 is 0. The molecule has 0 saturated carbocycles. The highest BCUT2D eigenvalue weighted by atomic mass is 16.2. The first-order valence-corrected chi connectivity index (χ1v) is 5.99. The fourth-order valence-corrected chi connectivity index (χ4v) is 2.61. The number of rotatable bonds is 2. The summed E-state index contributed by atoms with van der Waals surface area (Å²) >= 11 is 0. The zero-order valence-corrected chi connectivity index (χ0v) is 10.1. The molecule has 0 bridgehead atoms. The Morgan fingerprint density at radius 3 is 2.67 bits per heavy atom. The van der Waals surface area contributed by atoms with Crippen LogP contribution in [0.3, 0.4) is 0 Å². The average Bonchev–Trinajstić information content (AvgIpc) is 2.34. The van der Waals surface area contributed by atoms with Crippen LogP contribution in [0.15, 0.2) is 36.4 Å². The maximum absolute atomic E-state index is 12.0. The van der Waals surface area contributed by atoms with Crippen molar-refractivity contribution in [2.45, 2.75) is 19.4 Å². The second kappa shape index (κ2) is 3.95. The largest absolute Gasteiger partial charge is 0.345 e. The summed E-state index contributed by atoms with van der Waals surface area (Å²) in [7, 11) is 0. The van der Waals surface area contributed by atoms with Crippen molar-refractivity contribution < 1.29 is 9.59 Å². The standard InChI is InChI=1S/C15H13NO2/c1-9(17)8-13-11-6-2-4-10-5-3-7-12(14(10)11)15(18)16-13/h2-7,13H,8H2,1H3,(H,16,18). The van der Waals surface area contributed by atoms with Crippen LogP contribution in [-0.2, 0) is 4.79 Å². The van der Waals surface area contributed by atoms with E-state index >= 15 is 0 Å². The lowest BCUT2D eigenvalue weighted by Gasteiger charge is -2.26. The Labute approximate surface area is 105 Å². The summed E-state index contributed by atoms with van der Waals surface area (Å²) in [5, 5.41) is 4.94. The number of ketones is 1. The van der Waals surface area contributed by atoms with Gasteiger partial charge in [0.15, 0.2) is 0 Å². The highest BCUT2D eigenvalue weighted by Crippen LogP contribution is 2.33. The van der Waals surface area contributed by atoms with Gasteiger partial charge in [-0.15, -0.1) is 0 Å². The summed E-state index contributed by atoms with van der Waals surface area (Å²) in [6.45, 7) is 1.55. The maximum atomic E-state index is 12.0. The third-order valence-corrected chi connectivity index (χ3v) is 3.35. The molecule has 1 aliphatic rings. The van der Waals surface area contributed by atoms with Crippen LogP contribution >= 0.6 is 0 Å². The smallest absolute Gasteiger partial charge is 0.252 e. The van der Waals surface area contributed by atoms with Gasteiger partial charge in [-0.3, -0.25) is 9.59 Å². The van der Waals surface area contributed by atoms with E-state index in [4.69, 9.17) is 0 Å². The molecule has 0 fully saturated rings. The second-order valence-electron chi connectivity index (χ2n) is 4.68. The molecule has 3 rings (SSSR count). The number of carbonyl (C=O) groups excluding carboxylic acids is 2. The summed E-state index contributed by atoms with van der Waals surface area (Å²) in [4.78, 5) is 23.3. The van der Waals surface area contributed by atoms with Crippen molar-refractivity contribution >= 4 is 22.5 Å². The molecule has 1 unspecified atom stereocenters. The molecule has 1 amide bonds. The molecule has 0 aliphatic carbocycles. The minimum atomic E-state index is -0.200. The van der Waals surface area contributed by atoms with Gasteiger partial charge in [0.2, 0.25) is 0 Å². The lowest BCUT2D eigenvalue weighted by atomic mass is 9.89.